The Morgan fingerprint density at radius 2 is 1.39 bits per heavy atom. The zero-order chi connectivity index (χ0) is 13.9. The number of aldehydes is 1. The highest BCUT2D eigenvalue weighted by molar-refractivity contribution is 5.77. The van der Waals surface area contributed by atoms with E-state index in [4.69, 9.17) is 9.47 Å². The first-order valence-corrected chi connectivity index (χ1v) is 5.62. The van der Waals surface area contributed by atoms with E-state index in [0.717, 1.165) is 0 Å². The number of hydrogen-bond donors (Lipinski definition) is 1. The van der Waals surface area contributed by atoms with Crippen molar-refractivity contribution in [2.75, 3.05) is 0 Å². The summed E-state index contributed by atoms with van der Waals surface area (Å²) in [6.45, 7) is 10.8. The first kappa shape index (κ1) is 19.8. The number of carbonyl (C=O) groups is 2. The van der Waals surface area contributed by atoms with Gasteiger partial charge in [0.2, 0.25) is 0 Å². The van der Waals surface area contributed by atoms with Gasteiger partial charge in [0.15, 0.2) is 0 Å². The summed E-state index contributed by atoms with van der Waals surface area (Å²) in [5, 5.41) is 0. The molecule has 0 aromatic heterocycles. The third-order valence-electron chi connectivity index (χ3n) is 1.72. The van der Waals surface area contributed by atoms with Gasteiger partial charge in [0.05, 0.1) is 17.6 Å². The van der Waals surface area contributed by atoms with Crippen LogP contribution in [0.25, 0.3) is 0 Å². The minimum Gasteiger partial charge on any atom is -1.00 e. The third kappa shape index (κ3) is 7.06. The van der Waals surface area contributed by atoms with Crippen molar-refractivity contribution in [3.63, 3.8) is 0 Å². The van der Waals surface area contributed by atoms with Gasteiger partial charge in [0, 0.05) is 0 Å². The summed E-state index contributed by atoms with van der Waals surface area (Å²) in [6, 6.07) is 0. The van der Waals surface area contributed by atoms with Crippen molar-refractivity contribution in [3.8, 4) is 0 Å². The lowest BCUT2D eigenvalue weighted by molar-refractivity contribution is -0.379. The van der Waals surface area contributed by atoms with Gasteiger partial charge in [-0.2, -0.15) is 0 Å². The summed E-state index contributed by atoms with van der Waals surface area (Å²) < 4.78 is 11.3. The standard InChI is InChI=1S/C12H23NO4.ClH/c1-10(2,3)16-12(7-8-14,9(13)15)17-11(4,5)6;/h8H,7H2,1-6H3,(H2,13,15);1H. The number of rotatable bonds is 5. The Kier molecular flexibility index (Phi) is 7.29. The normalized spacial score (nSPS) is 12.8. The van der Waals surface area contributed by atoms with E-state index in [1.807, 2.05) is 0 Å². The van der Waals surface area contributed by atoms with Gasteiger partial charge < -0.3 is 26.7 Å². The zero-order valence-corrected chi connectivity index (χ0v) is 12.8. The van der Waals surface area contributed by atoms with Crippen LogP contribution in [-0.2, 0) is 19.1 Å². The summed E-state index contributed by atoms with van der Waals surface area (Å²) in [7, 11) is 0. The molecule has 0 unspecified atom stereocenters. The van der Waals surface area contributed by atoms with Crippen LogP contribution in [0.15, 0.2) is 0 Å². The molecule has 108 valence electrons. The van der Waals surface area contributed by atoms with Crippen LogP contribution in [0.5, 0.6) is 0 Å². The van der Waals surface area contributed by atoms with Crippen molar-refractivity contribution in [2.45, 2.75) is 65.0 Å². The van der Waals surface area contributed by atoms with Crippen molar-refractivity contribution in [3.05, 3.63) is 0 Å². The maximum atomic E-state index is 11.7. The second-order valence-electron chi connectivity index (χ2n) is 5.98. The van der Waals surface area contributed by atoms with Crippen molar-refractivity contribution in [1.82, 2.24) is 0 Å². The highest BCUT2D eigenvalue weighted by Crippen LogP contribution is 2.28. The Hall–Kier alpha value is -0.490. The fourth-order valence-corrected chi connectivity index (χ4v) is 1.43. The van der Waals surface area contributed by atoms with Crippen molar-refractivity contribution >= 4 is 12.2 Å². The monoisotopic (exact) mass is 281 g/mol. The fraction of sp³-hybridized carbons (Fsp3) is 0.833. The van der Waals surface area contributed by atoms with Gasteiger partial charge in [-0.1, -0.05) is 0 Å². The topological polar surface area (TPSA) is 80.2 Å². The van der Waals surface area contributed by atoms with Crippen LogP contribution >= 0.6 is 0 Å². The van der Waals surface area contributed by atoms with E-state index in [2.05, 4.69) is 5.73 Å². The molecule has 0 aliphatic carbocycles. The van der Waals surface area contributed by atoms with Gasteiger partial charge in [-0.25, -0.2) is 4.79 Å². The SMILES string of the molecule is CC(C)(C)OC(CC=O)(OC(C)(C)C)C([NH3+])=O.[Cl-]. The molecule has 6 heteroatoms. The third-order valence-corrected chi connectivity index (χ3v) is 1.72. The minimum absolute atomic E-state index is 0. The summed E-state index contributed by atoms with van der Waals surface area (Å²) in [5.41, 5.74) is 2.13. The summed E-state index contributed by atoms with van der Waals surface area (Å²) >= 11 is 0. The molecule has 0 saturated heterocycles. The lowest BCUT2D eigenvalue weighted by Gasteiger charge is -2.38. The molecule has 0 spiro atoms. The lowest BCUT2D eigenvalue weighted by atomic mass is 10.1. The van der Waals surface area contributed by atoms with Gasteiger partial charge >= 0.3 is 5.91 Å². The van der Waals surface area contributed by atoms with Gasteiger partial charge in [-0.15, -0.1) is 0 Å². The molecule has 5 nitrogen and oxygen atoms in total. The van der Waals surface area contributed by atoms with Gasteiger partial charge in [-0.3, -0.25) is 5.73 Å². The average Bonchev–Trinajstić information content (AvgIpc) is 1.96. The minimum atomic E-state index is -1.60. The Morgan fingerprint density at radius 3 is 1.56 bits per heavy atom. The summed E-state index contributed by atoms with van der Waals surface area (Å²) in [4.78, 5) is 22.4. The first-order chi connectivity index (χ1) is 7.42. The molecular weight excluding hydrogens is 258 g/mol. The molecule has 3 N–H and O–H groups in total. The Morgan fingerprint density at radius 1 is 1.06 bits per heavy atom. The molecule has 0 bridgehead atoms. The quantitative estimate of drug-likeness (QED) is 0.453. The largest absolute Gasteiger partial charge is 1.00 e. The van der Waals surface area contributed by atoms with Crippen molar-refractivity contribution in [2.24, 2.45) is 0 Å². The molecule has 0 aromatic carbocycles. The predicted octanol–water partition coefficient (Wildman–Crippen LogP) is -2.33. The lowest BCUT2D eigenvalue weighted by Crippen LogP contribution is -3.00. The van der Waals surface area contributed by atoms with Crippen LogP contribution in [0, 0.1) is 0 Å². The second kappa shape index (κ2) is 6.61. The van der Waals surface area contributed by atoms with Crippen LogP contribution < -0.4 is 18.1 Å². The highest BCUT2D eigenvalue weighted by Gasteiger charge is 2.48. The maximum Gasteiger partial charge on any atom is 0.369 e. The Bertz CT molecular complexity index is 275. The molecule has 0 atom stereocenters. The van der Waals surface area contributed by atoms with Crippen LogP contribution in [-0.4, -0.2) is 29.2 Å². The average molecular weight is 282 g/mol. The van der Waals surface area contributed by atoms with Crippen LogP contribution in [0.4, 0.5) is 0 Å². The molecule has 0 rings (SSSR count). The molecule has 0 radical (unpaired) electrons. The molecule has 0 saturated carbocycles. The molecule has 0 fully saturated rings. The number of ether oxygens (including phenoxy) is 2. The van der Waals surface area contributed by atoms with E-state index in [-0.39, 0.29) is 18.8 Å². The molecule has 0 aliphatic rings. The van der Waals surface area contributed by atoms with Gasteiger partial charge in [-0.05, 0) is 41.5 Å². The first-order valence-electron chi connectivity index (χ1n) is 5.62. The number of halogens is 1. The molecule has 18 heavy (non-hydrogen) atoms. The van der Waals surface area contributed by atoms with Gasteiger partial charge in [0.1, 0.15) is 6.29 Å². The Balaban J connectivity index is 0. The molecule has 0 aliphatic heterocycles. The number of amides is 1. The number of hydrogen-bond acceptors (Lipinski definition) is 4. The number of quaternary nitrogens is 1. The Labute approximate surface area is 115 Å². The summed E-state index contributed by atoms with van der Waals surface area (Å²) in [6.07, 6.45) is 0.449. The molecule has 0 aromatic rings. The van der Waals surface area contributed by atoms with E-state index in [1.165, 1.54) is 0 Å². The number of carbonyl (C=O) groups excluding carboxylic acids is 2. The van der Waals surface area contributed by atoms with E-state index in [9.17, 15) is 9.59 Å². The van der Waals surface area contributed by atoms with Crippen molar-refractivity contribution in [1.29, 1.82) is 0 Å². The van der Waals surface area contributed by atoms with Crippen LogP contribution in [0.2, 0.25) is 0 Å². The van der Waals surface area contributed by atoms with Crippen LogP contribution in [0.3, 0.4) is 0 Å². The fourth-order valence-electron chi connectivity index (χ4n) is 1.43. The van der Waals surface area contributed by atoms with E-state index in [1.54, 1.807) is 41.5 Å². The van der Waals surface area contributed by atoms with Crippen LogP contribution in [0.1, 0.15) is 48.0 Å². The van der Waals surface area contributed by atoms with E-state index >= 15 is 0 Å². The molecule has 0 heterocycles. The zero-order valence-electron chi connectivity index (χ0n) is 12.0. The van der Waals surface area contributed by atoms with E-state index < -0.39 is 22.9 Å². The van der Waals surface area contributed by atoms with Crippen molar-refractivity contribution < 1.29 is 37.2 Å². The smallest absolute Gasteiger partial charge is 0.369 e. The van der Waals surface area contributed by atoms with Gasteiger partial charge in [0.25, 0.3) is 5.79 Å². The predicted molar refractivity (Wildman–Crippen MR) is 63.0 cm³/mol. The summed E-state index contributed by atoms with van der Waals surface area (Å²) in [5.74, 6) is -2.15. The molecule has 1 amide bonds. The molecular formula is C12H24ClNO4. The van der Waals surface area contributed by atoms with E-state index in [0.29, 0.717) is 6.29 Å². The maximum absolute atomic E-state index is 11.7. The highest BCUT2D eigenvalue weighted by atomic mass is 35.5. The second-order valence-corrected chi connectivity index (χ2v) is 5.98.